The number of hydrogen-bond acceptors (Lipinski definition) is 4. The topological polar surface area (TPSA) is 73.8 Å². The second-order valence-corrected chi connectivity index (χ2v) is 7.34. The molecule has 2 N–H and O–H groups in total. The Balaban J connectivity index is 2.46. The highest BCUT2D eigenvalue weighted by molar-refractivity contribution is 7.98. The molecule has 0 atom stereocenters. The van der Waals surface area contributed by atoms with Crippen LogP contribution in [0.1, 0.15) is 29.9 Å². The van der Waals surface area contributed by atoms with Gasteiger partial charge in [0, 0.05) is 22.8 Å². The van der Waals surface area contributed by atoms with Crippen LogP contribution in [0.3, 0.4) is 0 Å². The molecule has 0 aliphatic heterocycles. The van der Waals surface area contributed by atoms with Crippen molar-refractivity contribution < 1.29 is 9.18 Å². The van der Waals surface area contributed by atoms with Crippen molar-refractivity contribution in [1.82, 2.24) is 14.8 Å². The smallest absolute Gasteiger partial charge is 0.249 e. The van der Waals surface area contributed by atoms with Gasteiger partial charge < -0.3 is 5.73 Å². The standard InChI is InChI=1S/C18H19FN4OS/c1-18(2,10-25-3)16-14-12(17(20)24)6-7-13(19)15(14)22-23(16)11-5-4-8-21-9-11/h4-9H,10H2,1-3H3,(H2,20,24). The Morgan fingerprint density at radius 2 is 2.12 bits per heavy atom. The third kappa shape index (κ3) is 3.00. The molecule has 0 aliphatic rings. The average molecular weight is 358 g/mol. The third-order valence-electron chi connectivity index (χ3n) is 4.08. The minimum Gasteiger partial charge on any atom is -0.366 e. The Labute approximate surface area is 149 Å². The van der Waals surface area contributed by atoms with Crippen molar-refractivity contribution in [1.29, 1.82) is 0 Å². The monoisotopic (exact) mass is 358 g/mol. The first-order chi connectivity index (χ1) is 11.9. The van der Waals surface area contributed by atoms with Gasteiger partial charge in [0.1, 0.15) is 5.52 Å². The van der Waals surface area contributed by atoms with E-state index in [9.17, 15) is 9.18 Å². The summed E-state index contributed by atoms with van der Waals surface area (Å²) in [5.74, 6) is -0.316. The fourth-order valence-corrected chi connectivity index (χ4v) is 3.94. The summed E-state index contributed by atoms with van der Waals surface area (Å²) in [6.07, 6.45) is 5.32. The number of nitrogens with two attached hydrogens (primary N) is 1. The van der Waals surface area contributed by atoms with Gasteiger partial charge in [0.25, 0.3) is 0 Å². The van der Waals surface area contributed by atoms with Crippen LogP contribution >= 0.6 is 11.8 Å². The van der Waals surface area contributed by atoms with Crippen LogP contribution in [-0.2, 0) is 5.41 Å². The molecule has 0 saturated heterocycles. The summed E-state index contributed by atoms with van der Waals surface area (Å²) in [6.45, 7) is 4.09. The zero-order chi connectivity index (χ0) is 18.2. The van der Waals surface area contributed by atoms with Crippen LogP contribution in [0.5, 0.6) is 0 Å². The predicted octanol–water partition coefficient (Wildman–Crippen LogP) is 3.30. The minimum atomic E-state index is -0.600. The largest absolute Gasteiger partial charge is 0.366 e. The molecule has 130 valence electrons. The number of nitrogens with zero attached hydrogens (tertiary/aromatic N) is 3. The second kappa shape index (κ2) is 6.48. The summed E-state index contributed by atoms with van der Waals surface area (Å²) < 4.78 is 16.1. The number of fused-ring (bicyclic) bond motifs is 1. The maximum atomic E-state index is 14.5. The number of aromatic nitrogens is 3. The molecular formula is C18H19FN4OS. The Morgan fingerprint density at radius 3 is 2.72 bits per heavy atom. The van der Waals surface area contributed by atoms with E-state index in [4.69, 9.17) is 5.73 Å². The Kier molecular flexibility index (Phi) is 4.51. The molecule has 2 aromatic heterocycles. The van der Waals surface area contributed by atoms with E-state index < -0.39 is 11.7 Å². The number of benzene rings is 1. The van der Waals surface area contributed by atoms with E-state index in [2.05, 4.69) is 10.1 Å². The van der Waals surface area contributed by atoms with E-state index in [1.54, 1.807) is 34.9 Å². The van der Waals surface area contributed by atoms with Gasteiger partial charge in [-0.2, -0.15) is 16.9 Å². The maximum absolute atomic E-state index is 14.5. The van der Waals surface area contributed by atoms with E-state index in [0.29, 0.717) is 11.1 Å². The Bertz CT molecular complexity index is 937. The summed E-state index contributed by atoms with van der Waals surface area (Å²) >= 11 is 1.67. The van der Waals surface area contributed by atoms with Crippen molar-refractivity contribution >= 4 is 28.6 Å². The van der Waals surface area contributed by atoms with Gasteiger partial charge in [-0.1, -0.05) is 13.8 Å². The van der Waals surface area contributed by atoms with Gasteiger partial charge in [0.05, 0.1) is 23.1 Å². The number of amides is 1. The first-order valence-corrected chi connectivity index (χ1v) is 9.17. The number of halogens is 1. The number of primary amides is 1. The number of carbonyl (C=O) groups excluding carboxylic acids is 1. The highest BCUT2D eigenvalue weighted by Crippen LogP contribution is 2.37. The molecular weight excluding hydrogens is 339 g/mol. The summed E-state index contributed by atoms with van der Waals surface area (Å²) in [4.78, 5) is 16.1. The number of rotatable bonds is 5. The fourth-order valence-electron chi connectivity index (χ4n) is 3.08. The average Bonchev–Trinajstić information content (AvgIpc) is 2.98. The zero-order valence-electron chi connectivity index (χ0n) is 14.3. The third-order valence-corrected chi connectivity index (χ3v) is 5.09. The molecule has 25 heavy (non-hydrogen) atoms. The van der Waals surface area contributed by atoms with Crippen LogP contribution in [0.2, 0.25) is 0 Å². The van der Waals surface area contributed by atoms with Crippen molar-refractivity contribution in [3.63, 3.8) is 0 Å². The normalized spacial score (nSPS) is 11.8. The SMILES string of the molecule is CSCC(C)(C)c1c2c(C(N)=O)ccc(F)c2nn1-c1cccnc1. The number of hydrogen-bond donors (Lipinski definition) is 1. The predicted molar refractivity (Wildman–Crippen MR) is 98.7 cm³/mol. The second-order valence-electron chi connectivity index (χ2n) is 6.47. The first-order valence-electron chi connectivity index (χ1n) is 7.77. The lowest BCUT2D eigenvalue weighted by Gasteiger charge is -2.26. The van der Waals surface area contributed by atoms with Gasteiger partial charge in [0.15, 0.2) is 5.82 Å². The Morgan fingerprint density at radius 1 is 1.36 bits per heavy atom. The van der Waals surface area contributed by atoms with Crippen molar-refractivity contribution in [2.45, 2.75) is 19.3 Å². The van der Waals surface area contributed by atoms with Crippen LogP contribution in [0.25, 0.3) is 16.6 Å². The molecule has 0 radical (unpaired) electrons. The van der Waals surface area contributed by atoms with E-state index in [1.165, 1.54) is 12.1 Å². The summed E-state index contributed by atoms with van der Waals surface area (Å²) in [5, 5.41) is 4.93. The van der Waals surface area contributed by atoms with E-state index in [-0.39, 0.29) is 16.5 Å². The zero-order valence-corrected chi connectivity index (χ0v) is 15.1. The maximum Gasteiger partial charge on any atom is 0.249 e. The molecule has 0 bridgehead atoms. The lowest BCUT2D eigenvalue weighted by molar-refractivity contribution is 0.100. The van der Waals surface area contributed by atoms with Crippen molar-refractivity contribution in [3.8, 4) is 5.69 Å². The summed E-state index contributed by atoms with van der Waals surface area (Å²) in [7, 11) is 0. The molecule has 2 heterocycles. The molecule has 1 amide bonds. The first kappa shape index (κ1) is 17.4. The van der Waals surface area contributed by atoms with Gasteiger partial charge in [-0.15, -0.1) is 0 Å². The molecule has 0 fully saturated rings. The van der Waals surface area contributed by atoms with Gasteiger partial charge >= 0.3 is 0 Å². The molecule has 3 aromatic rings. The van der Waals surface area contributed by atoms with Gasteiger partial charge in [0.2, 0.25) is 5.91 Å². The molecule has 7 heteroatoms. The van der Waals surface area contributed by atoms with Gasteiger partial charge in [-0.05, 0) is 30.5 Å². The molecule has 0 saturated carbocycles. The Hall–Kier alpha value is -2.41. The minimum absolute atomic E-state index is 0.143. The molecule has 3 rings (SSSR count). The fraction of sp³-hybridized carbons (Fsp3) is 0.278. The van der Waals surface area contributed by atoms with Crippen molar-refractivity contribution in [3.05, 3.63) is 53.7 Å². The number of thioether (sulfide) groups is 1. The number of pyridine rings is 1. The highest BCUT2D eigenvalue weighted by Gasteiger charge is 2.31. The lowest BCUT2D eigenvalue weighted by Crippen LogP contribution is -2.25. The van der Waals surface area contributed by atoms with E-state index in [0.717, 1.165) is 11.4 Å². The van der Waals surface area contributed by atoms with Gasteiger partial charge in [-0.25, -0.2) is 9.07 Å². The quantitative estimate of drug-likeness (QED) is 0.759. The van der Waals surface area contributed by atoms with Gasteiger partial charge in [-0.3, -0.25) is 9.78 Å². The van der Waals surface area contributed by atoms with Crippen LogP contribution < -0.4 is 5.73 Å². The highest BCUT2D eigenvalue weighted by atomic mass is 32.2. The molecule has 0 spiro atoms. The molecule has 0 aliphatic carbocycles. The van der Waals surface area contributed by atoms with E-state index >= 15 is 0 Å². The van der Waals surface area contributed by atoms with Crippen LogP contribution in [0.15, 0.2) is 36.7 Å². The van der Waals surface area contributed by atoms with Crippen LogP contribution in [-0.4, -0.2) is 32.7 Å². The molecule has 1 aromatic carbocycles. The van der Waals surface area contributed by atoms with E-state index in [1.807, 2.05) is 26.2 Å². The van der Waals surface area contributed by atoms with Crippen molar-refractivity contribution in [2.24, 2.45) is 5.73 Å². The van der Waals surface area contributed by atoms with Crippen molar-refractivity contribution in [2.75, 3.05) is 12.0 Å². The van der Waals surface area contributed by atoms with Crippen LogP contribution in [0, 0.1) is 5.82 Å². The summed E-state index contributed by atoms with van der Waals surface area (Å²) in [5.41, 5.74) is 7.05. The molecule has 5 nitrogen and oxygen atoms in total. The lowest BCUT2D eigenvalue weighted by atomic mass is 9.87. The molecule has 0 unspecified atom stereocenters. The summed E-state index contributed by atoms with van der Waals surface area (Å²) in [6, 6.07) is 6.29. The number of carbonyl (C=O) groups is 1. The van der Waals surface area contributed by atoms with Crippen LogP contribution in [0.4, 0.5) is 4.39 Å².